The number of rotatable bonds is 3. The number of carbonyl (C=O) groups is 1. The predicted octanol–water partition coefficient (Wildman–Crippen LogP) is 0.0603. The first-order valence-corrected chi connectivity index (χ1v) is 4.58. The summed E-state index contributed by atoms with van der Waals surface area (Å²) < 4.78 is 15.1. The monoisotopic (exact) mass is 204 g/mol. The van der Waals surface area contributed by atoms with Crippen molar-refractivity contribution in [3.8, 4) is 0 Å². The lowest BCUT2D eigenvalue weighted by Gasteiger charge is -2.16. The molecule has 1 aliphatic rings. The summed E-state index contributed by atoms with van der Waals surface area (Å²) in [5, 5.41) is 9.40. The predicted molar refractivity (Wildman–Crippen MR) is 47.5 cm³/mol. The molecule has 1 fully saturated rings. The molecule has 1 aliphatic heterocycles. The van der Waals surface area contributed by atoms with Gasteiger partial charge in [-0.1, -0.05) is 0 Å². The minimum Gasteiger partial charge on any atom is -0.457 e. The molecular formula is C9H16O5. The zero-order valence-corrected chi connectivity index (χ0v) is 8.60. The van der Waals surface area contributed by atoms with Crippen LogP contribution in [-0.2, 0) is 19.0 Å². The van der Waals surface area contributed by atoms with Gasteiger partial charge in [0, 0.05) is 20.5 Å². The lowest BCUT2D eigenvalue weighted by atomic mass is 10.1. The second kappa shape index (κ2) is 4.72. The number of ether oxygens (including phenoxy) is 3. The summed E-state index contributed by atoms with van der Waals surface area (Å²) in [6, 6.07) is 0. The highest BCUT2D eigenvalue weighted by Gasteiger charge is 2.38. The van der Waals surface area contributed by atoms with Crippen LogP contribution in [0.1, 0.15) is 20.3 Å². The van der Waals surface area contributed by atoms with Crippen LogP contribution >= 0.6 is 0 Å². The molecule has 0 spiro atoms. The van der Waals surface area contributed by atoms with Crippen molar-refractivity contribution in [2.75, 3.05) is 7.11 Å². The number of hydrogen-bond acceptors (Lipinski definition) is 5. The quantitative estimate of drug-likeness (QED) is 0.658. The highest BCUT2D eigenvalue weighted by atomic mass is 16.7. The Bertz CT molecular complexity index is 205. The van der Waals surface area contributed by atoms with E-state index >= 15 is 0 Å². The maximum atomic E-state index is 10.7. The van der Waals surface area contributed by atoms with Crippen LogP contribution in [0.4, 0.5) is 0 Å². The molecule has 0 aromatic rings. The number of aliphatic hydroxyl groups excluding tert-OH is 1. The molecule has 0 aromatic carbocycles. The van der Waals surface area contributed by atoms with E-state index in [0.717, 1.165) is 0 Å². The third-order valence-electron chi connectivity index (χ3n) is 2.31. The average molecular weight is 204 g/mol. The molecule has 0 aromatic heterocycles. The van der Waals surface area contributed by atoms with Gasteiger partial charge in [-0.25, -0.2) is 0 Å². The molecular weight excluding hydrogens is 188 g/mol. The molecule has 1 unspecified atom stereocenters. The van der Waals surface area contributed by atoms with Gasteiger partial charge in [0.15, 0.2) is 12.4 Å². The van der Waals surface area contributed by atoms with Gasteiger partial charge in [-0.3, -0.25) is 4.79 Å². The summed E-state index contributed by atoms with van der Waals surface area (Å²) in [6.07, 6.45) is -1.49. The molecule has 4 atom stereocenters. The van der Waals surface area contributed by atoms with Crippen LogP contribution in [0, 0.1) is 0 Å². The highest BCUT2D eigenvalue weighted by Crippen LogP contribution is 2.24. The third-order valence-corrected chi connectivity index (χ3v) is 2.31. The van der Waals surface area contributed by atoms with E-state index in [9.17, 15) is 9.90 Å². The Hall–Kier alpha value is -0.650. The van der Waals surface area contributed by atoms with Crippen LogP contribution in [-0.4, -0.2) is 42.8 Å². The number of methoxy groups -OCH3 is 1. The van der Waals surface area contributed by atoms with Crippen molar-refractivity contribution in [2.45, 2.75) is 44.9 Å². The van der Waals surface area contributed by atoms with Crippen LogP contribution in [0.3, 0.4) is 0 Å². The van der Waals surface area contributed by atoms with E-state index in [4.69, 9.17) is 14.2 Å². The van der Waals surface area contributed by atoms with Gasteiger partial charge in [0.1, 0.15) is 0 Å². The maximum Gasteiger partial charge on any atom is 0.303 e. The van der Waals surface area contributed by atoms with E-state index in [2.05, 4.69) is 0 Å². The van der Waals surface area contributed by atoms with Crippen molar-refractivity contribution in [1.82, 2.24) is 0 Å². The second-order valence-electron chi connectivity index (χ2n) is 3.39. The fourth-order valence-electron chi connectivity index (χ4n) is 1.44. The van der Waals surface area contributed by atoms with Gasteiger partial charge in [0.05, 0.1) is 12.2 Å². The highest BCUT2D eigenvalue weighted by molar-refractivity contribution is 5.66. The Morgan fingerprint density at radius 1 is 1.64 bits per heavy atom. The third kappa shape index (κ3) is 2.67. The molecule has 0 saturated carbocycles. The Morgan fingerprint density at radius 2 is 2.29 bits per heavy atom. The summed E-state index contributed by atoms with van der Waals surface area (Å²) in [6.45, 7) is 3.15. The van der Waals surface area contributed by atoms with Crippen LogP contribution in [0.25, 0.3) is 0 Å². The summed E-state index contributed by atoms with van der Waals surface area (Å²) in [5.41, 5.74) is 0. The van der Waals surface area contributed by atoms with Crippen LogP contribution in [0.15, 0.2) is 0 Å². The molecule has 5 nitrogen and oxygen atoms in total. The minimum atomic E-state index is -1.04. The van der Waals surface area contributed by atoms with E-state index in [1.54, 1.807) is 7.11 Å². The standard InChI is InChI=1S/C9H16O5/c1-5(12-3)7-4-8(9(11)14-7)13-6(2)10/h5,7-9,11H,4H2,1-3H3/t5-,7-,8-,9?/m1/s1. The topological polar surface area (TPSA) is 65.0 Å². The minimum absolute atomic E-state index is 0.120. The Labute approximate surface area is 82.9 Å². The van der Waals surface area contributed by atoms with Crippen molar-refractivity contribution in [3.63, 3.8) is 0 Å². The number of hydrogen-bond donors (Lipinski definition) is 1. The molecule has 14 heavy (non-hydrogen) atoms. The fraction of sp³-hybridized carbons (Fsp3) is 0.889. The molecule has 0 amide bonds. The number of aliphatic hydroxyl groups is 1. The molecule has 1 rings (SSSR count). The van der Waals surface area contributed by atoms with Crippen molar-refractivity contribution in [3.05, 3.63) is 0 Å². The van der Waals surface area contributed by atoms with Crippen molar-refractivity contribution in [1.29, 1.82) is 0 Å². The molecule has 5 heteroatoms. The van der Waals surface area contributed by atoms with Gasteiger partial charge in [-0.15, -0.1) is 0 Å². The molecule has 1 heterocycles. The first-order valence-electron chi connectivity index (χ1n) is 4.58. The maximum absolute atomic E-state index is 10.7. The van der Waals surface area contributed by atoms with E-state index in [0.29, 0.717) is 6.42 Å². The lowest BCUT2D eigenvalue weighted by Crippen LogP contribution is -2.25. The number of carbonyl (C=O) groups excluding carboxylic acids is 1. The zero-order valence-electron chi connectivity index (χ0n) is 8.60. The van der Waals surface area contributed by atoms with Crippen LogP contribution in [0.5, 0.6) is 0 Å². The summed E-state index contributed by atoms with van der Waals surface area (Å²) in [5.74, 6) is -0.414. The lowest BCUT2D eigenvalue weighted by molar-refractivity contribution is -0.172. The van der Waals surface area contributed by atoms with Gasteiger partial charge < -0.3 is 19.3 Å². The molecule has 1 N–H and O–H groups in total. The molecule has 1 saturated heterocycles. The van der Waals surface area contributed by atoms with E-state index in [1.165, 1.54) is 6.92 Å². The van der Waals surface area contributed by atoms with Gasteiger partial charge >= 0.3 is 5.97 Å². The Kier molecular flexibility index (Phi) is 3.86. The molecule has 0 bridgehead atoms. The second-order valence-corrected chi connectivity index (χ2v) is 3.39. The van der Waals surface area contributed by atoms with Crippen molar-refractivity contribution >= 4 is 5.97 Å². The Balaban J connectivity index is 2.46. The summed E-state index contributed by atoms with van der Waals surface area (Å²) in [4.78, 5) is 10.7. The summed E-state index contributed by atoms with van der Waals surface area (Å²) in [7, 11) is 1.57. The molecule has 0 radical (unpaired) electrons. The van der Waals surface area contributed by atoms with Crippen LogP contribution in [0.2, 0.25) is 0 Å². The fourth-order valence-corrected chi connectivity index (χ4v) is 1.44. The van der Waals surface area contributed by atoms with E-state index in [1.807, 2.05) is 6.92 Å². The van der Waals surface area contributed by atoms with Crippen molar-refractivity contribution in [2.24, 2.45) is 0 Å². The van der Waals surface area contributed by atoms with E-state index < -0.39 is 18.4 Å². The number of esters is 1. The largest absolute Gasteiger partial charge is 0.457 e. The van der Waals surface area contributed by atoms with Gasteiger partial charge in [0.25, 0.3) is 0 Å². The zero-order chi connectivity index (χ0) is 10.7. The Morgan fingerprint density at radius 3 is 2.79 bits per heavy atom. The first-order chi connectivity index (χ1) is 6.54. The molecule has 0 aliphatic carbocycles. The normalized spacial score (nSPS) is 34.1. The van der Waals surface area contributed by atoms with Crippen molar-refractivity contribution < 1.29 is 24.1 Å². The van der Waals surface area contributed by atoms with Crippen LogP contribution < -0.4 is 0 Å². The van der Waals surface area contributed by atoms with Gasteiger partial charge in [0.2, 0.25) is 0 Å². The van der Waals surface area contributed by atoms with E-state index in [-0.39, 0.29) is 12.2 Å². The summed E-state index contributed by atoms with van der Waals surface area (Å²) >= 11 is 0. The SMILES string of the molecule is CO[C@H](C)[C@H]1C[C@@H](OC(C)=O)C(O)O1. The molecule has 82 valence electrons. The smallest absolute Gasteiger partial charge is 0.303 e. The van der Waals surface area contributed by atoms with Gasteiger partial charge in [-0.2, -0.15) is 0 Å². The first kappa shape index (κ1) is 11.4. The average Bonchev–Trinajstić information content (AvgIpc) is 2.46. The van der Waals surface area contributed by atoms with Gasteiger partial charge in [-0.05, 0) is 6.92 Å².